The van der Waals surface area contributed by atoms with Gasteiger partial charge in [-0.3, -0.25) is 0 Å². The van der Waals surface area contributed by atoms with E-state index in [0.29, 0.717) is 19.8 Å². The summed E-state index contributed by atoms with van der Waals surface area (Å²) >= 11 is 0. The number of methoxy groups -OCH3 is 1. The third-order valence-corrected chi connectivity index (χ3v) is 5.97. The molecule has 0 amide bonds. The van der Waals surface area contributed by atoms with Crippen molar-refractivity contribution in [2.75, 3.05) is 7.11 Å². The van der Waals surface area contributed by atoms with Crippen molar-refractivity contribution in [3.63, 3.8) is 0 Å². The van der Waals surface area contributed by atoms with Crippen LogP contribution in [-0.2, 0) is 43.5 Å². The maximum absolute atomic E-state index is 9.49. The number of nitriles is 1. The maximum Gasteiger partial charge on any atom is 0.186 e. The Hall–Kier alpha value is -3.05. The van der Waals surface area contributed by atoms with Gasteiger partial charge in [0.15, 0.2) is 6.29 Å². The van der Waals surface area contributed by atoms with Gasteiger partial charge < -0.3 is 23.7 Å². The van der Waals surface area contributed by atoms with Crippen molar-refractivity contribution in [2.45, 2.75) is 56.9 Å². The van der Waals surface area contributed by atoms with Crippen LogP contribution in [0.5, 0.6) is 0 Å². The Bertz CT molecular complexity index is 1040. The van der Waals surface area contributed by atoms with Crippen LogP contribution in [0.3, 0.4) is 0 Å². The summed E-state index contributed by atoms with van der Waals surface area (Å²) in [7, 11) is 1.58. The predicted molar refractivity (Wildman–Crippen MR) is 131 cm³/mol. The molecule has 0 aromatic heterocycles. The molecule has 0 N–H and O–H groups in total. The SMILES string of the molecule is CO[C@H]1O[C@H](CC#N)[C@@H](OCc2ccccc2)[C@H](OCc2ccccc2)[C@H]1OCc1ccccc1. The molecule has 4 rings (SSSR count). The lowest BCUT2D eigenvalue weighted by Gasteiger charge is -2.45. The van der Waals surface area contributed by atoms with Crippen LogP contribution in [0.1, 0.15) is 23.1 Å². The Morgan fingerprint density at radius 3 is 1.51 bits per heavy atom. The Labute approximate surface area is 207 Å². The number of hydrogen-bond acceptors (Lipinski definition) is 6. The van der Waals surface area contributed by atoms with Gasteiger partial charge in [0.2, 0.25) is 0 Å². The smallest absolute Gasteiger partial charge is 0.186 e. The molecule has 182 valence electrons. The van der Waals surface area contributed by atoms with Crippen LogP contribution in [0.15, 0.2) is 91.0 Å². The molecule has 1 heterocycles. The first kappa shape index (κ1) is 25.1. The maximum atomic E-state index is 9.49. The van der Waals surface area contributed by atoms with Crippen molar-refractivity contribution in [1.29, 1.82) is 5.26 Å². The molecule has 0 radical (unpaired) electrons. The first-order chi connectivity index (χ1) is 17.3. The minimum Gasteiger partial charge on any atom is -0.368 e. The summed E-state index contributed by atoms with van der Waals surface area (Å²) in [6.45, 7) is 1.11. The number of rotatable bonds is 11. The van der Waals surface area contributed by atoms with Crippen LogP contribution < -0.4 is 0 Å². The molecule has 0 saturated carbocycles. The number of nitrogens with zero attached hydrogens (tertiary/aromatic N) is 1. The van der Waals surface area contributed by atoms with Gasteiger partial charge in [0.1, 0.15) is 24.4 Å². The van der Waals surface area contributed by atoms with E-state index in [1.54, 1.807) is 7.11 Å². The Kier molecular flexibility index (Phi) is 9.41. The van der Waals surface area contributed by atoms with Crippen molar-refractivity contribution in [1.82, 2.24) is 0 Å². The van der Waals surface area contributed by atoms with Crippen LogP contribution in [0.25, 0.3) is 0 Å². The van der Waals surface area contributed by atoms with E-state index in [2.05, 4.69) is 6.07 Å². The summed E-state index contributed by atoms with van der Waals surface area (Å²) in [5, 5.41) is 9.49. The Morgan fingerprint density at radius 2 is 1.09 bits per heavy atom. The lowest BCUT2D eigenvalue weighted by molar-refractivity contribution is -0.316. The fourth-order valence-electron chi connectivity index (χ4n) is 4.19. The van der Waals surface area contributed by atoms with E-state index < -0.39 is 30.7 Å². The number of benzene rings is 3. The largest absolute Gasteiger partial charge is 0.368 e. The highest BCUT2D eigenvalue weighted by molar-refractivity contribution is 5.15. The summed E-state index contributed by atoms with van der Waals surface area (Å²) in [6.07, 6.45) is -2.67. The molecule has 0 aliphatic carbocycles. The van der Waals surface area contributed by atoms with Gasteiger partial charge in [-0.05, 0) is 16.7 Å². The van der Waals surface area contributed by atoms with Gasteiger partial charge in [0.25, 0.3) is 0 Å². The summed E-state index contributed by atoms with van der Waals surface area (Å²) in [4.78, 5) is 0. The summed E-state index contributed by atoms with van der Waals surface area (Å²) in [6, 6.07) is 32.0. The fraction of sp³-hybridized carbons (Fsp3) is 0.345. The summed E-state index contributed by atoms with van der Waals surface area (Å²) in [5.41, 5.74) is 3.10. The van der Waals surface area contributed by atoms with Crippen molar-refractivity contribution in [2.24, 2.45) is 0 Å². The molecular formula is C29H31NO5. The van der Waals surface area contributed by atoms with Gasteiger partial charge in [-0.15, -0.1) is 0 Å². The van der Waals surface area contributed by atoms with E-state index in [0.717, 1.165) is 16.7 Å². The highest BCUT2D eigenvalue weighted by Crippen LogP contribution is 2.32. The van der Waals surface area contributed by atoms with Crippen LogP contribution in [0.2, 0.25) is 0 Å². The second-order valence-corrected chi connectivity index (χ2v) is 8.42. The zero-order valence-corrected chi connectivity index (χ0v) is 19.9. The van der Waals surface area contributed by atoms with E-state index >= 15 is 0 Å². The minimum absolute atomic E-state index is 0.149. The molecule has 1 aliphatic rings. The quantitative estimate of drug-likeness (QED) is 0.389. The highest BCUT2D eigenvalue weighted by Gasteiger charge is 2.48. The van der Waals surface area contributed by atoms with Crippen LogP contribution in [0, 0.1) is 11.3 Å². The van der Waals surface area contributed by atoms with Gasteiger partial charge >= 0.3 is 0 Å². The van der Waals surface area contributed by atoms with Gasteiger partial charge in [0, 0.05) is 7.11 Å². The predicted octanol–water partition coefficient (Wildman–Crippen LogP) is 5.03. The molecule has 35 heavy (non-hydrogen) atoms. The van der Waals surface area contributed by atoms with Gasteiger partial charge in [-0.25, -0.2) is 0 Å². The van der Waals surface area contributed by atoms with Crippen molar-refractivity contribution in [3.05, 3.63) is 108 Å². The molecule has 0 spiro atoms. The fourth-order valence-corrected chi connectivity index (χ4v) is 4.19. The Morgan fingerprint density at radius 1 is 0.657 bits per heavy atom. The second kappa shape index (κ2) is 13.1. The van der Waals surface area contributed by atoms with Crippen LogP contribution in [-0.4, -0.2) is 37.8 Å². The normalized spacial score (nSPS) is 24.1. The molecular weight excluding hydrogens is 442 g/mol. The average molecular weight is 474 g/mol. The summed E-state index contributed by atoms with van der Waals surface area (Å²) < 4.78 is 31.0. The Balaban J connectivity index is 1.58. The highest BCUT2D eigenvalue weighted by atomic mass is 16.7. The third-order valence-electron chi connectivity index (χ3n) is 5.97. The van der Waals surface area contributed by atoms with E-state index in [-0.39, 0.29) is 6.42 Å². The zero-order chi connectivity index (χ0) is 24.3. The first-order valence-electron chi connectivity index (χ1n) is 11.8. The number of hydrogen-bond donors (Lipinski definition) is 0. The molecule has 1 aliphatic heterocycles. The molecule has 0 bridgehead atoms. The van der Waals surface area contributed by atoms with Crippen LogP contribution in [0.4, 0.5) is 0 Å². The van der Waals surface area contributed by atoms with E-state index in [1.165, 1.54) is 0 Å². The first-order valence-corrected chi connectivity index (χ1v) is 11.8. The van der Waals surface area contributed by atoms with E-state index in [9.17, 15) is 5.26 Å². The van der Waals surface area contributed by atoms with Gasteiger partial charge in [-0.1, -0.05) is 91.0 Å². The minimum atomic E-state index is -0.700. The lowest BCUT2D eigenvalue weighted by atomic mass is 9.96. The monoisotopic (exact) mass is 473 g/mol. The van der Waals surface area contributed by atoms with Gasteiger partial charge in [-0.2, -0.15) is 5.26 Å². The average Bonchev–Trinajstić information content (AvgIpc) is 2.92. The molecule has 3 aromatic carbocycles. The zero-order valence-electron chi connectivity index (χ0n) is 19.9. The van der Waals surface area contributed by atoms with Crippen LogP contribution >= 0.6 is 0 Å². The van der Waals surface area contributed by atoms with Crippen molar-refractivity contribution in [3.8, 4) is 6.07 Å². The topological polar surface area (TPSA) is 69.9 Å². The molecule has 0 unspecified atom stereocenters. The standard InChI is InChI=1S/C29H31NO5/c1-31-29-28(34-21-24-15-9-4-10-16-24)27(33-20-23-13-7-3-8-14-23)26(25(35-29)17-18-30)32-19-22-11-5-2-6-12-22/h2-16,25-29H,17,19-21H2,1H3/t25-,26-,27+,28-,29+/m1/s1. The molecule has 6 heteroatoms. The third kappa shape index (κ3) is 6.98. The summed E-state index contributed by atoms with van der Waals surface area (Å²) in [5.74, 6) is 0. The van der Waals surface area contributed by atoms with Crippen molar-refractivity contribution < 1.29 is 23.7 Å². The molecule has 3 aromatic rings. The lowest BCUT2D eigenvalue weighted by Crippen LogP contribution is -2.60. The molecule has 5 atom stereocenters. The number of ether oxygens (including phenoxy) is 5. The molecule has 1 fully saturated rings. The van der Waals surface area contributed by atoms with E-state index in [1.807, 2.05) is 91.0 Å². The van der Waals surface area contributed by atoms with Crippen molar-refractivity contribution >= 4 is 0 Å². The van der Waals surface area contributed by atoms with Gasteiger partial charge in [0.05, 0.1) is 32.3 Å². The van der Waals surface area contributed by atoms with E-state index in [4.69, 9.17) is 23.7 Å². The molecule has 6 nitrogen and oxygen atoms in total. The molecule has 1 saturated heterocycles. The second-order valence-electron chi connectivity index (χ2n) is 8.42.